The summed E-state index contributed by atoms with van der Waals surface area (Å²) in [5, 5.41) is 0. The van der Waals surface area contributed by atoms with E-state index in [1.54, 1.807) is 6.92 Å². The number of Topliss-reactive ketones (excluding diaryl/α,β-unsaturated/α-hetero) is 1. The lowest BCUT2D eigenvalue weighted by Gasteiger charge is -2.32. The summed E-state index contributed by atoms with van der Waals surface area (Å²) in [5.41, 5.74) is 1.15. The maximum Gasteiger partial charge on any atom is 0.149 e. The molecule has 88 valence electrons. The maximum absolute atomic E-state index is 11.3. The van der Waals surface area contributed by atoms with E-state index in [4.69, 9.17) is 0 Å². The Bertz CT molecular complexity index is 464. The van der Waals surface area contributed by atoms with Crippen LogP contribution >= 0.6 is 12.6 Å². The molecule has 1 heterocycles. The van der Waals surface area contributed by atoms with Gasteiger partial charge in [0.2, 0.25) is 0 Å². The minimum absolute atomic E-state index is 0.0495. The molecule has 1 unspecified atom stereocenters. The third-order valence-electron chi connectivity index (χ3n) is 2.68. The van der Waals surface area contributed by atoms with E-state index in [1.807, 2.05) is 41.5 Å². The van der Waals surface area contributed by atoms with Gasteiger partial charge in [0.15, 0.2) is 0 Å². The number of carbonyl (C=O) groups excluding carboxylic acids is 1. The molecule has 0 amide bonds. The number of nitrogens with zero attached hydrogens (tertiary/aromatic N) is 1. The standard InChI is InChI=1S/C14H15NOS/c1-11(16)10-15-9-5-8-13(17)14(15)12-6-3-2-4-7-12/h2-9,14,17H,10H2,1H3. The molecule has 1 aliphatic heterocycles. The van der Waals surface area contributed by atoms with Crippen molar-refractivity contribution in [2.24, 2.45) is 0 Å². The fraction of sp³-hybridized carbons (Fsp3) is 0.214. The highest BCUT2D eigenvalue weighted by Gasteiger charge is 2.22. The summed E-state index contributed by atoms with van der Waals surface area (Å²) in [6, 6.07) is 10.1. The molecule has 0 radical (unpaired) electrons. The maximum atomic E-state index is 11.3. The van der Waals surface area contributed by atoms with Gasteiger partial charge in [0.25, 0.3) is 0 Å². The van der Waals surface area contributed by atoms with Crippen molar-refractivity contribution in [3.63, 3.8) is 0 Å². The summed E-state index contributed by atoms with van der Waals surface area (Å²) in [7, 11) is 0. The molecule has 17 heavy (non-hydrogen) atoms. The van der Waals surface area contributed by atoms with Gasteiger partial charge in [0, 0.05) is 11.1 Å². The highest BCUT2D eigenvalue weighted by atomic mass is 32.1. The topological polar surface area (TPSA) is 20.3 Å². The van der Waals surface area contributed by atoms with Gasteiger partial charge in [-0.2, -0.15) is 0 Å². The Morgan fingerprint density at radius 2 is 2.06 bits per heavy atom. The first-order valence-corrected chi connectivity index (χ1v) is 6.00. The van der Waals surface area contributed by atoms with Crippen LogP contribution in [0.15, 0.2) is 53.6 Å². The summed E-state index contributed by atoms with van der Waals surface area (Å²) in [6.07, 6.45) is 5.83. The van der Waals surface area contributed by atoms with Crippen molar-refractivity contribution in [2.75, 3.05) is 6.54 Å². The summed E-state index contributed by atoms with van der Waals surface area (Å²) in [5.74, 6) is 0.151. The molecule has 0 fully saturated rings. The first-order valence-electron chi connectivity index (χ1n) is 5.56. The normalized spacial score (nSPS) is 19.1. The zero-order chi connectivity index (χ0) is 12.3. The van der Waals surface area contributed by atoms with Gasteiger partial charge in [-0.05, 0) is 24.6 Å². The lowest BCUT2D eigenvalue weighted by Crippen LogP contribution is -2.30. The summed E-state index contributed by atoms with van der Waals surface area (Å²) < 4.78 is 0. The Labute approximate surface area is 107 Å². The molecular weight excluding hydrogens is 230 g/mol. The van der Waals surface area contributed by atoms with E-state index in [1.165, 1.54) is 0 Å². The third kappa shape index (κ3) is 2.80. The molecule has 2 rings (SSSR count). The molecule has 0 N–H and O–H groups in total. The van der Waals surface area contributed by atoms with E-state index in [9.17, 15) is 4.79 Å². The third-order valence-corrected chi connectivity index (χ3v) is 3.07. The van der Waals surface area contributed by atoms with Gasteiger partial charge >= 0.3 is 0 Å². The van der Waals surface area contributed by atoms with E-state index >= 15 is 0 Å². The van der Waals surface area contributed by atoms with Crippen LogP contribution < -0.4 is 0 Å². The van der Waals surface area contributed by atoms with Gasteiger partial charge in [-0.1, -0.05) is 30.3 Å². The van der Waals surface area contributed by atoms with Crippen LogP contribution in [-0.4, -0.2) is 17.2 Å². The SMILES string of the molecule is CC(=O)CN1C=CC=C(S)C1c1ccccc1. The number of ketones is 1. The van der Waals surface area contributed by atoms with Crippen LogP contribution in [0.1, 0.15) is 18.5 Å². The van der Waals surface area contributed by atoms with E-state index in [0.717, 1.165) is 10.5 Å². The number of hydrogen-bond acceptors (Lipinski definition) is 3. The average Bonchev–Trinajstić information content (AvgIpc) is 2.29. The molecule has 2 nitrogen and oxygen atoms in total. The van der Waals surface area contributed by atoms with Crippen molar-refractivity contribution in [1.29, 1.82) is 0 Å². The second-order valence-electron chi connectivity index (χ2n) is 4.12. The van der Waals surface area contributed by atoms with Crippen LogP contribution in [-0.2, 0) is 4.79 Å². The monoisotopic (exact) mass is 245 g/mol. The highest BCUT2D eigenvalue weighted by molar-refractivity contribution is 7.84. The molecule has 3 heteroatoms. The van der Waals surface area contributed by atoms with Crippen LogP contribution in [0.25, 0.3) is 0 Å². The first-order chi connectivity index (χ1) is 8.18. The Kier molecular flexibility index (Phi) is 3.69. The van der Waals surface area contributed by atoms with Crippen LogP contribution in [0.3, 0.4) is 0 Å². The van der Waals surface area contributed by atoms with Gasteiger partial charge in [0.05, 0.1) is 12.6 Å². The molecule has 0 spiro atoms. The minimum atomic E-state index is 0.0495. The number of carbonyl (C=O) groups is 1. The van der Waals surface area contributed by atoms with Crippen molar-refractivity contribution < 1.29 is 4.79 Å². The van der Waals surface area contributed by atoms with Crippen LogP contribution in [0.4, 0.5) is 0 Å². The molecule has 0 aromatic heterocycles. The first kappa shape index (κ1) is 12.0. The van der Waals surface area contributed by atoms with Crippen molar-refractivity contribution in [3.8, 4) is 0 Å². The van der Waals surface area contributed by atoms with Gasteiger partial charge in [0.1, 0.15) is 5.78 Å². The Morgan fingerprint density at radius 1 is 1.35 bits per heavy atom. The Morgan fingerprint density at radius 3 is 2.71 bits per heavy atom. The van der Waals surface area contributed by atoms with Gasteiger partial charge in [-0.3, -0.25) is 4.79 Å². The molecule has 1 aliphatic rings. The van der Waals surface area contributed by atoms with E-state index in [2.05, 4.69) is 24.8 Å². The summed E-state index contributed by atoms with van der Waals surface area (Å²) in [4.78, 5) is 14.2. The quantitative estimate of drug-likeness (QED) is 0.826. The molecule has 1 atom stereocenters. The molecule has 0 saturated carbocycles. The second kappa shape index (κ2) is 5.23. The lowest BCUT2D eigenvalue weighted by molar-refractivity contribution is -0.117. The van der Waals surface area contributed by atoms with Crippen LogP contribution in [0, 0.1) is 0 Å². The van der Waals surface area contributed by atoms with Crippen LogP contribution in [0.2, 0.25) is 0 Å². The van der Waals surface area contributed by atoms with E-state index in [0.29, 0.717) is 6.54 Å². The van der Waals surface area contributed by atoms with Gasteiger partial charge in [-0.15, -0.1) is 12.6 Å². The van der Waals surface area contributed by atoms with Crippen molar-refractivity contribution in [2.45, 2.75) is 13.0 Å². The van der Waals surface area contributed by atoms with Crippen LogP contribution in [0.5, 0.6) is 0 Å². The smallest absolute Gasteiger partial charge is 0.149 e. The molecule has 0 bridgehead atoms. The number of thiol groups is 1. The number of allylic oxidation sites excluding steroid dienone is 2. The Balaban J connectivity index is 2.30. The Hall–Kier alpha value is -1.48. The largest absolute Gasteiger partial charge is 0.359 e. The molecular formula is C14H15NOS. The molecule has 1 aromatic carbocycles. The van der Waals surface area contributed by atoms with Gasteiger partial charge < -0.3 is 4.90 Å². The van der Waals surface area contributed by atoms with Crippen molar-refractivity contribution >= 4 is 18.4 Å². The lowest BCUT2D eigenvalue weighted by atomic mass is 10.0. The average molecular weight is 245 g/mol. The molecule has 0 aliphatic carbocycles. The number of rotatable bonds is 3. The number of hydrogen-bond donors (Lipinski definition) is 1. The summed E-state index contributed by atoms with van der Waals surface area (Å²) in [6.45, 7) is 2.01. The van der Waals surface area contributed by atoms with E-state index < -0.39 is 0 Å². The highest BCUT2D eigenvalue weighted by Crippen LogP contribution is 2.33. The van der Waals surface area contributed by atoms with Crippen molar-refractivity contribution in [1.82, 2.24) is 4.90 Å². The number of benzene rings is 1. The van der Waals surface area contributed by atoms with E-state index in [-0.39, 0.29) is 11.8 Å². The zero-order valence-corrected chi connectivity index (χ0v) is 10.6. The molecule has 1 aromatic rings. The second-order valence-corrected chi connectivity index (χ2v) is 4.64. The van der Waals surface area contributed by atoms with Crippen molar-refractivity contribution in [3.05, 3.63) is 59.2 Å². The predicted octanol–water partition coefficient (Wildman–Crippen LogP) is 2.96. The fourth-order valence-corrected chi connectivity index (χ4v) is 2.38. The molecule has 0 saturated heterocycles. The fourth-order valence-electron chi connectivity index (χ4n) is 2.00. The minimum Gasteiger partial charge on any atom is -0.359 e. The van der Waals surface area contributed by atoms with Gasteiger partial charge in [-0.25, -0.2) is 0 Å². The zero-order valence-electron chi connectivity index (χ0n) is 9.71. The summed E-state index contributed by atoms with van der Waals surface area (Å²) >= 11 is 4.51. The predicted molar refractivity (Wildman–Crippen MR) is 72.8 cm³/mol.